The second-order valence-electron chi connectivity index (χ2n) is 6.92. The van der Waals surface area contributed by atoms with E-state index < -0.39 is 43.7 Å². The molecule has 182 valence electrons. The molecule has 0 aliphatic carbocycles. The number of hydrogen-bond acceptors (Lipinski definition) is 8. The van der Waals surface area contributed by atoms with Gasteiger partial charge in [0.25, 0.3) is 0 Å². The van der Waals surface area contributed by atoms with Crippen molar-refractivity contribution >= 4 is 23.9 Å². The van der Waals surface area contributed by atoms with Gasteiger partial charge in [0.15, 0.2) is 31.3 Å². The number of carboxylic acids is 3. The van der Waals surface area contributed by atoms with E-state index in [2.05, 4.69) is 0 Å². The topological polar surface area (TPSA) is 166 Å². The molecule has 0 saturated heterocycles. The maximum absolute atomic E-state index is 12.3. The Morgan fingerprint density at radius 1 is 0.765 bits per heavy atom. The van der Waals surface area contributed by atoms with Gasteiger partial charge in [0, 0.05) is 0 Å². The van der Waals surface area contributed by atoms with Crippen LogP contribution in [0.4, 0.5) is 0 Å². The molecule has 0 fully saturated rings. The highest BCUT2D eigenvalue weighted by Gasteiger charge is 2.20. The van der Waals surface area contributed by atoms with Gasteiger partial charge < -0.3 is 34.3 Å². The van der Waals surface area contributed by atoms with Crippen molar-refractivity contribution in [3.8, 4) is 28.4 Å². The molecule has 0 radical (unpaired) electrons. The maximum atomic E-state index is 12.3. The standard InChI is InChI=1S/C23H24O11/c1-2-3-7-31-23(30)15-6-4-5-14(8-15)16-9-17(32-11-19(24)25)22(34-13-21(28)29)18(10-16)33-12-20(26)27/h4-6,8-10H,2-3,7,11-13H2,1H3,(H,24,25)(H,26,27)(H,28,29). The molecule has 0 aromatic heterocycles. The maximum Gasteiger partial charge on any atom is 0.341 e. The molecule has 0 amide bonds. The summed E-state index contributed by atoms with van der Waals surface area (Å²) in [5, 5.41) is 26.9. The van der Waals surface area contributed by atoms with Crippen LogP contribution in [0.5, 0.6) is 17.2 Å². The van der Waals surface area contributed by atoms with Crippen molar-refractivity contribution in [2.75, 3.05) is 26.4 Å². The lowest BCUT2D eigenvalue weighted by Crippen LogP contribution is -2.15. The van der Waals surface area contributed by atoms with Crippen LogP contribution >= 0.6 is 0 Å². The van der Waals surface area contributed by atoms with Gasteiger partial charge in [0.05, 0.1) is 12.2 Å². The van der Waals surface area contributed by atoms with Crippen LogP contribution < -0.4 is 14.2 Å². The smallest absolute Gasteiger partial charge is 0.341 e. The number of unbranched alkanes of at least 4 members (excludes halogenated alkanes) is 1. The zero-order valence-electron chi connectivity index (χ0n) is 18.3. The lowest BCUT2D eigenvalue weighted by Gasteiger charge is -2.17. The molecule has 0 aliphatic heterocycles. The van der Waals surface area contributed by atoms with E-state index in [4.69, 9.17) is 34.3 Å². The molecule has 11 heteroatoms. The van der Waals surface area contributed by atoms with E-state index in [9.17, 15) is 19.2 Å². The molecule has 2 aromatic carbocycles. The van der Waals surface area contributed by atoms with Gasteiger partial charge in [0.2, 0.25) is 5.75 Å². The van der Waals surface area contributed by atoms with Crippen molar-refractivity contribution in [2.45, 2.75) is 19.8 Å². The summed E-state index contributed by atoms with van der Waals surface area (Å²) in [5.74, 6) is -5.11. The third kappa shape index (κ3) is 8.01. The van der Waals surface area contributed by atoms with Crippen LogP contribution in [0.25, 0.3) is 11.1 Å². The summed E-state index contributed by atoms with van der Waals surface area (Å²) in [7, 11) is 0. The highest BCUT2D eigenvalue weighted by molar-refractivity contribution is 5.91. The highest BCUT2D eigenvalue weighted by Crippen LogP contribution is 2.42. The van der Waals surface area contributed by atoms with Gasteiger partial charge >= 0.3 is 23.9 Å². The molecule has 2 rings (SSSR count). The highest BCUT2D eigenvalue weighted by atomic mass is 16.6. The average Bonchev–Trinajstić information content (AvgIpc) is 2.80. The minimum atomic E-state index is -1.33. The monoisotopic (exact) mass is 476 g/mol. The number of benzene rings is 2. The minimum absolute atomic E-state index is 0.183. The van der Waals surface area contributed by atoms with E-state index in [1.807, 2.05) is 6.92 Å². The van der Waals surface area contributed by atoms with Crippen molar-refractivity contribution in [3.63, 3.8) is 0 Å². The Bertz CT molecular complexity index is 1010. The second-order valence-corrected chi connectivity index (χ2v) is 6.92. The predicted molar refractivity (Wildman–Crippen MR) is 116 cm³/mol. The number of rotatable bonds is 14. The molecule has 0 aliphatic rings. The van der Waals surface area contributed by atoms with Gasteiger partial charge in [-0.3, -0.25) is 0 Å². The van der Waals surface area contributed by atoms with Gasteiger partial charge in [-0.25, -0.2) is 19.2 Å². The number of carboxylic acid groups (broad SMARTS) is 3. The molecule has 2 aromatic rings. The fourth-order valence-corrected chi connectivity index (χ4v) is 2.73. The summed E-state index contributed by atoms with van der Waals surface area (Å²) in [6.07, 6.45) is 1.58. The fraction of sp³-hybridized carbons (Fsp3) is 0.304. The van der Waals surface area contributed by atoms with E-state index in [1.54, 1.807) is 18.2 Å². The Morgan fingerprint density at radius 2 is 1.32 bits per heavy atom. The summed E-state index contributed by atoms with van der Waals surface area (Å²) >= 11 is 0. The van der Waals surface area contributed by atoms with Crippen molar-refractivity contribution in [2.24, 2.45) is 0 Å². The van der Waals surface area contributed by atoms with Crippen LogP contribution in [0, 0.1) is 0 Å². The molecule has 0 spiro atoms. The molecule has 3 N–H and O–H groups in total. The van der Waals surface area contributed by atoms with Gasteiger partial charge in [-0.15, -0.1) is 0 Å². The molecule has 0 atom stereocenters. The molecule has 0 bridgehead atoms. The molecule has 11 nitrogen and oxygen atoms in total. The first-order valence-corrected chi connectivity index (χ1v) is 10.2. The Labute approximate surface area is 194 Å². The first-order chi connectivity index (χ1) is 16.2. The average molecular weight is 476 g/mol. The summed E-state index contributed by atoms with van der Waals surface area (Å²) < 4.78 is 20.9. The zero-order valence-corrected chi connectivity index (χ0v) is 18.3. The summed E-state index contributed by atoms with van der Waals surface area (Å²) in [4.78, 5) is 45.3. The summed E-state index contributed by atoms with van der Waals surface area (Å²) in [6.45, 7) is -0.142. The van der Waals surface area contributed by atoms with Gasteiger partial charge in [-0.1, -0.05) is 25.5 Å². The molecule has 34 heavy (non-hydrogen) atoms. The predicted octanol–water partition coefficient (Wildman–Crippen LogP) is 2.70. The van der Waals surface area contributed by atoms with Crippen LogP contribution in [0.3, 0.4) is 0 Å². The van der Waals surface area contributed by atoms with Crippen molar-refractivity contribution in [1.29, 1.82) is 0 Å². The first kappa shape index (κ1) is 26.0. The van der Waals surface area contributed by atoms with Gasteiger partial charge in [0.1, 0.15) is 0 Å². The second kappa shape index (κ2) is 12.7. The lowest BCUT2D eigenvalue weighted by atomic mass is 10.0. The van der Waals surface area contributed by atoms with Crippen molar-refractivity contribution in [3.05, 3.63) is 42.0 Å². The van der Waals surface area contributed by atoms with Crippen molar-refractivity contribution in [1.82, 2.24) is 0 Å². The Kier molecular flexibility index (Phi) is 9.69. The molecular formula is C23H24O11. The lowest BCUT2D eigenvalue weighted by molar-refractivity contribution is -0.141. The third-order valence-corrected chi connectivity index (χ3v) is 4.23. The number of carbonyl (C=O) groups excluding carboxylic acids is 1. The summed E-state index contributed by atoms with van der Waals surface area (Å²) in [5.41, 5.74) is 1.11. The van der Waals surface area contributed by atoms with E-state index in [-0.39, 0.29) is 29.4 Å². The van der Waals surface area contributed by atoms with E-state index in [0.29, 0.717) is 11.1 Å². The van der Waals surface area contributed by atoms with Crippen LogP contribution in [0.1, 0.15) is 30.1 Å². The first-order valence-electron chi connectivity index (χ1n) is 10.2. The van der Waals surface area contributed by atoms with Crippen LogP contribution in [0.15, 0.2) is 36.4 Å². The normalized spacial score (nSPS) is 10.3. The molecule has 0 heterocycles. The van der Waals surface area contributed by atoms with E-state index >= 15 is 0 Å². The third-order valence-electron chi connectivity index (χ3n) is 4.23. The summed E-state index contributed by atoms with van der Waals surface area (Å²) in [6, 6.07) is 9.09. The largest absolute Gasteiger partial charge is 0.479 e. The number of carbonyl (C=O) groups is 4. The number of ether oxygens (including phenoxy) is 4. The van der Waals surface area contributed by atoms with E-state index in [0.717, 1.165) is 12.8 Å². The van der Waals surface area contributed by atoms with Crippen molar-refractivity contribution < 1.29 is 53.4 Å². The SMILES string of the molecule is CCCCOC(=O)c1cccc(-c2cc(OCC(=O)O)c(OCC(=O)O)c(OCC(=O)O)c2)c1. The Hall–Kier alpha value is -4.28. The number of esters is 1. The fourth-order valence-electron chi connectivity index (χ4n) is 2.73. The minimum Gasteiger partial charge on any atom is -0.479 e. The van der Waals surface area contributed by atoms with Crippen LogP contribution in [-0.2, 0) is 19.1 Å². The van der Waals surface area contributed by atoms with Gasteiger partial charge in [-0.2, -0.15) is 0 Å². The molecule has 0 unspecified atom stereocenters. The number of hydrogen-bond donors (Lipinski definition) is 3. The Balaban J connectivity index is 2.51. The van der Waals surface area contributed by atoms with E-state index in [1.165, 1.54) is 18.2 Å². The van der Waals surface area contributed by atoms with Crippen LogP contribution in [0.2, 0.25) is 0 Å². The molecule has 0 saturated carbocycles. The Morgan fingerprint density at radius 3 is 1.85 bits per heavy atom. The number of aliphatic carboxylic acids is 3. The quantitative estimate of drug-likeness (QED) is 0.271. The zero-order chi connectivity index (χ0) is 25.1. The molecular weight excluding hydrogens is 452 g/mol. The van der Waals surface area contributed by atoms with Crippen LogP contribution in [-0.4, -0.2) is 65.6 Å². The van der Waals surface area contributed by atoms with Gasteiger partial charge in [-0.05, 0) is 41.8 Å².